The molecule has 0 saturated carbocycles. The fraction of sp³-hybridized carbons (Fsp3) is 0.273. The van der Waals surface area contributed by atoms with Gasteiger partial charge < -0.3 is 5.32 Å². The van der Waals surface area contributed by atoms with Crippen molar-refractivity contribution >= 4 is 32.8 Å². The average Bonchev–Trinajstić information content (AvgIpc) is 2.30. The van der Waals surface area contributed by atoms with E-state index in [4.69, 9.17) is 0 Å². The number of aromatic nitrogens is 2. The van der Waals surface area contributed by atoms with Gasteiger partial charge in [-0.05, 0) is 28.4 Å². The quantitative estimate of drug-likeness (QED) is 0.876. The molecule has 0 saturated heterocycles. The van der Waals surface area contributed by atoms with Crippen LogP contribution in [0.3, 0.4) is 0 Å². The summed E-state index contributed by atoms with van der Waals surface area (Å²) in [6.07, 6.45) is 2.22. The van der Waals surface area contributed by atoms with E-state index in [-0.39, 0.29) is 6.67 Å². The molecule has 0 bridgehead atoms. The molecule has 0 amide bonds. The van der Waals surface area contributed by atoms with E-state index in [2.05, 4.69) is 31.2 Å². The van der Waals surface area contributed by atoms with Crippen LogP contribution in [0, 0.1) is 0 Å². The molecule has 1 heterocycles. The third kappa shape index (κ3) is 2.47. The van der Waals surface area contributed by atoms with Gasteiger partial charge in [-0.15, -0.1) is 0 Å². The van der Waals surface area contributed by atoms with Crippen LogP contribution < -0.4 is 5.32 Å². The number of nitrogens with zero attached hydrogens (tertiary/aromatic N) is 2. The third-order valence-corrected chi connectivity index (χ3v) is 2.80. The number of nitrogens with one attached hydrogen (secondary N) is 1. The van der Waals surface area contributed by atoms with Crippen LogP contribution in [0.4, 0.5) is 10.3 Å². The van der Waals surface area contributed by atoms with Gasteiger partial charge in [0.2, 0.25) is 5.95 Å². The van der Waals surface area contributed by atoms with Crippen molar-refractivity contribution < 1.29 is 4.39 Å². The monoisotopic (exact) mass is 283 g/mol. The lowest BCUT2D eigenvalue weighted by Gasteiger charge is -2.05. The lowest BCUT2D eigenvalue weighted by atomic mass is 10.2. The van der Waals surface area contributed by atoms with Crippen molar-refractivity contribution in [2.24, 2.45) is 0 Å². The van der Waals surface area contributed by atoms with Crippen molar-refractivity contribution in [2.75, 3.05) is 18.5 Å². The fourth-order valence-electron chi connectivity index (χ4n) is 1.37. The average molecular weight is 284 g/mol. The molecule has 0 aliphatic heterocycles. The van der Waals surface area contributed by atoms with Gasteiger partial charge in [-0.1, -0.05) is 12.1 Å². The van der Waals surface area contributed by atoms with Gasteiger partial charge in [-0.25, -0.2) is 9.97 Å². The summed E-state index contributed by atoms with van der Waals surface area (Å²) >= 11 is 3.43. The topological polar surface area (TPSA) is 37.8 Å². The van der Waals surface area contributed by atoms with Gasteiger partial charge in [0.1, 0.15) is 0 Å². The lowest BCUT2D eigenvalue weighted by Crippen LogP contribution is -2.05. The Kier molecular flexibility index (Phi) is 3.66. The van der Waals surface area contributed by atoms with Crippen LogP contribution in [0.1, 0.15) is 6.42 Å². The number of fused-ring (bicyclic) bond motifs is 1. The molecule has 1 N–H and O–H groups in total. The summed E-state index contributed by atoms with van der Waals surface area (Å²) in [4.78, 5) is 8.51. The number of benzene rings is 1. The molecule has 1 aromatic carbocycles. The molecule has 0 aliphatic carbocycles. The van der Waals surface area contributed by atoms with Crippen molar-refractivity contribution in [3.8, 4) is 0 Å². The molecule has 5 heteroatoms. The molecule has 2 aromatic rings. The van der Waals surface area contributed by atoms with Crippen LogP contribution in [0.2, 0.25) is 0 Å². The number of hydrogen-bond acceptors (Lipinski definition) is 3. The SMILES string of the molecule is FCCCNc1ncc2cccc(Br)c2n1. The minimum absolute atomic E-state index is 0.329. The number of anilines is 1. The predicted octanol–water partition coefficient (Wildman–Crippen LogP) is 3.16. The van der Waals surface area contributed by atoms with Crippen LogP contribution in [-0.4, -0.2) is 23.2 Å². The molecule has 0 unspecified atom stereocenters. The summed E-state index contributed by atoms with van der Waals surface area (Å²) in [5.41, 5.74) is 0.861. The van der Waals surface area contributed by atoms with E-state index in [9.17, 15) is 4.39 Å². The minimum atomic E-state index is -0.329. The van der Waals surface area contributed by atoms with Gasteiger partial charge in [-0.3, -0.25) is 4.39 Å². The zero-order chi connectivity index (χ0) is 11.4. The standard InChI is InChI=1S/C11H11BrFN3/c12-9-4-1-3-8-7-15-11(16-10(8)9)14-6-2-5-13/h1,3-4,7H,2,5-6H2,(H,14,15,16). The van der Waals surface area contributed by atoms with Gasteiger partial charge >= 0.3 is 0 Å². The molecule has 3 nitrogen and oxygen atoms in total. The summed E-state index contributed by atoms with van der Waals surface area (Å²) in [6.45, 7) is 0.219. The molecule has 84 valence electrons. The maximum atomic E-state index is 11.9. The zero-order valence-corrected chi connectivity index (χ0v) is 10.2. The first kappa shape index (κ1) is 11.3. The number of halogens is 2. The molecule has 1 aromatic heterocycles. The van der Waals surface area contributed by atoms with Gasteiger partial charge in [0.25, 0.3) is 0 Å². The Hall–Kier alpha value is -1.23. The van der Waals surface area contributed by atoms with E-state index in [1.807, 2.05) is 18.2 Å². The van der Waals surface area contributed by atoms with Crippen LogP contribution in [0.25, 0.3) is 10.9 Å². The van der Waals surface area contributed by atoms with Crippen LogP contribution in [0.5, 0.6) is 0 Å². The van der Waals surface area contributed by atoms with E-state index in [0.717, 1.165) is 15.4 Å². The molecule has 0 atom stereocenters. The highest BCUT2D eigenvalue weighted by Gasteiger charge is 2.02. The summed E-state index contributed by atoms with van der Waals surface area (Å²) < 4.78 is 12.9. The summed E-state index contributed by atoms with van der Waals surface area (Å²) in [6, 6.07) is 5.82. The third-order valence-electron chi connectivity index (χ3n) is 2.16. The number of hydrogen-bond donors (Lipinski definition) is 1. The maximum absolute atomic E-state index is 11.9. The van der Waals surface area contributed by atoms with E-state index in [1.54, 1.807) is 6.20 Å². The van der Waals surface area contributed by atoms with Crippen LogP contribution >= 0.6 is 15.9 Å². The van der Waals surface area contributed by atoms with E-state index in [1.165, 1.54) is 0 Å². The highest BCUT2D eigenvalue weighted by molar-refractivity contribution is 9.10. The summed E-state index contributed by atoms with van der Waals surface area (Å²) in [5.74, 6) is 0.535. The second kappa shape index (κ2) is 5.21. The van der Waals surface area contributed by atoms with Crippen molar-refractivity contribution in [1.82, 2.24) is 9.97 Å². The van der Waals surface area contributed by atoms with Crippen molar-refractivity contribution in [3.63, 3.8) is 0 Å². The van der Waals surface area contributed by atoms with E-state index < -0.39 is 0 Å². The Balaban J connectivity index is 2.25. The Morgan fingerprint density at radius 3 is 3.06 bits per heavy atom. The summed E-state index contributed by atoms with van der Waals surface area (Å²) in [7, 11) is 0. The smallest absolute Gasteiger partial charge is 0.223 e. The largest absolute Gasteiger partial charge is 0.354 e. The lowest BCUT2D eigenvalue weighted by molar-refractivity contribution is 0.481. The maximum Gasteiger partial charge on any atom is 0.223 e. The molecular weight excluding hydrogens is 273 g/mol. The first-order valence-corrected chi connectivity index (χ1v) is 5.81. The van der Waals surface area contributed by atoms with E-state index >= 15 is 0 Å². The highest BCUT2D eigenvalue weighted by Crippen LogP contribution is 2.21. The fourth-order valence-corrected chi connectivity index (χ4v) is 1.84. The van der Waals surface area contributed by atoms with Gasteiger partial charge in [0.05, 0.1) is 12.2 Å². The molecule has 0 fully saturated rings. The van der Waals surface area contributed by atoms with Gasteiger partial charge in [0.15, 0.2) is 0 Å². The molecule has 0 radical (unpaired) electrons. The molecule has 2 rings (SSSR count). The molecule has 0 spiro atoms. The number of rotatable bonds is 4. The summed E-state index contributed by atoms with van der Waals surface area (Å²) in [5, 5.41) is 3.96. The normalized spacial score (nSPS) is 10.6. The molecular formula is C11H11BrFN3. The molecule has 16 heavy (non-hydrogen) atoms. The number of alkyl halides is 1. The van der Waals surface area contributed by atoms with Crippen LogP contribution in [-0.2, 0) is 0 Å². The Labute approximate surface area is 101 Å². The Morgan fingerprint density at radius 1 is 1.38 bits per heavy atom. The van der Waals surface area contributed by atoms with Crippen molar-refractivity contribution in [3.05, 3.63) is 28.9 Å². The molecule has 0 aliphatic rings. The van der Waals surface area contributed by atoms with Crippen LogP contribution in [0.15, 0.2) is 28.9 Å². The van der Waals surface area contributed by atoms with Gasteiger partial charge in [-0.2, -0.15) is 0 Å². The predicted molar refractivity (Wildman–Crippen MR) is 66.3 cm³/mol. The second-order valence-corrected chi connectivity index (χ2v) is 4.19. The Morgan fingerprint density at radius 2 is 2.25 bits per heavy atom. The second-order valence-electron chi connectivity index (χ2n) is 3.34. The van der Waals surface area contributed by atoms with E-state index in [0.29, 0.717) is 18.9 Å². The van der Waals surface area contributed by atoms with Crippen molar-refractivity contribution in [1.29, 1.82) is 0 Å². The minimum Gasteiger partial charge on any atom is -0.354 e. The van der Waals surface area contributed by atoms with Crippen molar-refractivity contribution in [2.45, 2.75) is 6.42 Å². The first-order valence-electron chi connectivity index (χ1n) is 5.02. The first-order chi connectivity index (χ1) is 7.81. The highest BCUT2D eigenvalue weighted by atomic mass is 79.9. The zero-order valence-electron chi connectivity index (χ0n) is 8.58. The number of para-hydroxylation sites is 1. The van der Waals surface area contributed by atoms with Gasteiger partial charge in [0, 0.05) is 22.6 Å². The Bertz CT molecular complexity index is 490.